The molecule has 0 bridgehead atoms. The van der Waals surface area contributed by atoms with Crippen LogP contribution in [0.3, 0.4) is 0 Å². The van der Waals surface area contributed by atoms with E-state index in [-0.39, 0.29) is 11.8 Å². The lowest BCUT2D eigenvalue weighted by Crippen LogP contribution is -2.28. The maximum Gasteiger partial charge on any atom is 0.253 e. The first-order chi connectivity index (χ1) is 11.7. The van der Waals surface area contributed by atoms with Gasteiger partial charge in [-0.25, -0.2) is 4.98 Å². The van der Waals surface area contributed by atoms with Crippen LogP contribution in [0, 0.1) is 11.3 Å². The van der Waals surface area contributed by atoms with Gasteiger partial charge in [0.1, 0.15) is 5.82 Å². The number of hydrogen-bond donors (Lipinski definition) is 1. The van der Waals surface area contributed by atoms with Crippen LogP contribution in [0.25, 0.3) is 11.0 Å². The van der Waals surface area contributed by atoms with Crippen LogP contribution in [0.2, 0.25) is 0 Å². The zero-order chi connectivity index (χ0) is 16.5. The van der Waals surface area contributed by atoms with Crippen LogP contribution in [0.4, 0.5) is 0 Å². The molecule has 5 nitrogen and oxygen atoms in total. The summed E-state index contributed by atoms with van der Waals surface area (Å²) in [6, 6.07) is 16.9. The van der Waals surface area contributed by atoms with Gasteiger partial charge in [0.15, 0.2) is 0 Å². The largest absolute Gasteiger partial charge is 0.342 e. The number of nitrogens with zero attached hydrogens (tertiary/aromatic N) is 3. The molecule has 24 heavy (non-hydrogen) atoms. The standard InChI is InChI=1S/C19H16N4O/c20-11-13-6-7-16-17(10-13)22-18(21-16)15-8-9-23(12-15)19(24)14-4-2-1-3-5-14/h1-7,10,15H,8-9,12H2,(H,21,22)/t15-/m0/s1. The second-order valence-corrected chi connectivity index (χ2v) is 6.07. The SMILES string of the molecule is N#Cc1ccc2nc([C@H]3CCN(C(=O)c4ccccc4)C3)[nH]c2c1. The number of hydrogen-bond acceptors (Lipinski definition) is 3. The molecule has 2 heterocycles. The topological polar surface area (TPSA) is 72.8 Å². The number of nitriles is 1. The lowest BCUT2D eigenvalue weighted by Gasteiger charge is -2.16. The van der Waals surface area contributed by atoms with E-state index in [4.69, 9.17) is 5.26 Å². The number of aromatic nitrogens is 2. The van der Waals surface area contributed by atoms with E-state index in [2.05, 4.69) is 16.0 Å². The third-order valence-electron chi connectivity index (χ3n) is 4.51. The Bertz CT molecular complexity index is 939. The first-order valence-electron chi connectivity index (χ1n) is 7.98. The third kappa shape index (κ3) is 2.52. The van der Waals surface area contributed by atoms with E-state index in [1.807, 2.05) is 47.4 Å². The Morgan fingerprint density at radius 1 is 1.25 bits per heavy atom. The maximum absolute atomic E-state index is 12.5. The first-order valence-corrected chi connectivity index (χ1v) is 7.98. The minimum absolute atomic E-state index is 0.0703. The fourth-order valence-electron chi connectivity index (χ4n) is 3.22. The van der Waals surface area contributed by atoms with Crippen LogP contribution in [0.5, 0.6) is 0 Å². The molecule has 0 spiro atoms. The Labute approximate surface area is 139 Å². The second-order valence-electron chi connectivity index (χ2n) is 6.07. The van der Waals surface area contributed by atoms with Crippen molar-refractivity contribution < 1.29 is 4.79 Å². The number of H-pyrrole nitrogens is 1. The molecule has 4 rings (SSSR count). The van der Waals surface area contributed by atoms with E-state index < -0.39 is 0 Å². The number of carbonyl (C=O) groups excluding carboxylic acids is 1. The van der Waals surface area contributed by atoms with Crippen molar-refractivity contribution in [3.8, 4) is 6.07 Å². The lowest BCUT2D eigenvalue weighted by atomic mass is 10.1. The van der Waals surface area contributed by atoms with Crippen LogP contribution in [-0.4, -0.2) is 33.9 Å². The minimum Gasteiger partial charge on any atom is -0.342 e. The van der Waals surface area contributed by atoms with Crippen molar-refractivity contribution in [2.75, 3.05) is 13.1 Å². The molecule has 1 amide bonds. The summed E-state index contributed by atoms with van der Waals surface area (Å²) in [4.78, 5) is 22.4. The fourth-order valence-corrected chi connectivity index (χ4v) is 3.22. The second kappa shape index (κ2) is 5.82. The van der Waals surface area contributed by atoms with Crippen LogP contribution in [0.15, 0.2) is 48.5 Å². The quantitative estimate of drug-likeness (QED) is 0.789. The molecule has 118 valence electrons. The van der Waals surface area contributed by atoms with Crippen molar-refractivity contribution in [3.05, 3.63) is 65.5 Å². The summed E-state index contributed by atoms with van der Waals surface area (Å²) in [5.74, 6) is 1.17. The van der Waals surface area contributed by atoms with Gasteiger partial charge in [-0.05, 0) is 36.8 Å². The summed E-state index contributed by atoms with van der Waals surface area (Å²) in [6.07, 6.45) is 0.892. The van der Waals surface area contributed by atoms with E-state index in [0.29, 0.717) is 12.1 Å². The molecule has 1 N–H and O–H groups in total. The molecule has 0 aliphatic carbocycles. The van der Waals surface area contributed by atoms with Crippen molar-refractivity contribution >= 4 is 16.9 Å². The number of carbonyl (C=O) groups is 1. The van der Waals surface area contributed by atoms with Gasteiger partial charge in [0.25, 0.3) is 5.91 Å². The average Bonchev–Trinajstić information content (AvgIpc) is 3.27. The smallest absolute Gasteiger partial charge is 0.253 e. The highest BCUT2D eigenvalue weighted by Gasteiger charge is 2.29. The van der Waals surface area contributed by atoms with E-state index in [1.54, 1.807) is 6.07 Å². The Kier molecular flexibility index (Phi) is 3.51. The first kappa shape index (κ1) is 14.5. The number of benzene rings is 2. The molecule has 1 aliphatic heterocycles. The number of rotatable bonds is 2. The van der Waals surface area contributed by atoms with E-state index in [1.165, 1.54) is 0 Å². The molecule has 3 aromatic rings. The minimum atomic E-state index is 0.0703. The summed E-state index contributed by atoms with van der Waals surface area (Å²) in [6.45, 7) is 1.40. The van der Waals surface area contributed by atoms with Gasteiger partial charge in [0.05, 0.1) is 22.7 Å². The average molecular weight is 316 g/mol. The summed E-state index contributed by atoms with van der Waals surface area (Å²) in [5.41, 5.74) is 3.07. The molecule has 1 fully saturated rings. The monoisotopic (exact) mass is 316 g/mol. The maximum atomic E-state index is 12.5. The predicted octanol–water partition coefficient (Wildman–Crippen LogP) is 3.06. The van der Waals surface area contributed by atoms with E-state index in [0.717, 1.165) is 35.4 Å². The summed E-state index contributed by atoms with van der Waals surface area (Å²) in [5, 5.41) is 8.99. The van der Waals surface area contributed by atoms with Crippen LogP contribution >= 0.6 is 0 Å². The van der Waals surface area contributed by atoms with Gasteiger partial charge in [-0.15, -0.1) is 0 Å². The van der Waals surface area contributed by atoms with Gasteiger partial charge < -0.3 is 9.88 Å². The number of fused-ring (bicyclic) bond motifs is 1. The molecule has 1 aliphatic rings. The highest BCUT2D eigenvalue weighted by atomic mass is 16.2. The molecule has 0 saturated carbocycles. The number of amides is 1. The normalized spacial score (nSPS) is 17.1. The molecule has 1 saturated heterocycles. The van der Waals surface area contributed by atoms with Crippen LogP contribution in [-0.2, 0) is 0 Å². The van der Waals surface area contributed by atoms with Gasteiger partial charge in [-0.2, -0.15) is 5.26 Å². The number of nitrogens with one attached hydrogen (secondary N) is 1. The van der Waals surface area contributed by atoms with Gasteiger partial charge in [-0.3, -0.25) is 4.79 Å². The summed E-state index contributed by atoms with van der Waals surface area (Å²) >= 11 is 0. The van der Waals surface area contributed by atoms with E-state index in [9.17, 15) is 4.79 Å². The fraction of sp³-hybridized carbons (Fsp3) is 0.211. The molecular formula is C19H16N4O. The zero-order valence-electron chi connectivity index (χ0n) is 13.1. The Hall–Kier alpha value is -3.13. The van der Waals surface area contributed by atoms with Crippen molar-refractivity contribution in [2.24, 2.45) is 0 Å². The van der Waals surface area contributed by atoms with Crippen molar-refractivity contribution in [1.82, 2.24) is 14.9 Å². The van der Waals surface area contributed by atoms with E-state index >= 15 is 0 Å². The molecular weight excluding hydrogens is 300 g/mol. The van der Waals surface area contributed by atoms with Crippen molar-refractivity contribution in [2.45, 2.75) is 12.3 Å². The van der Waals surface area contributed by atoms with Crippen LogP contribution in [0.1, 0.15) is 34.1 Å². The van der Waals surface area contributed by atoms with Gasteiger partial charge in [0.2, 0.25) is 0 Å². The number of likely N-dealkylation sites (tertiary alicyclic amines) is 1. The summed E-state index contributed by atoms with van der Waals surface area (Å²) in [7, 11) is 0. The molecule has 2 aromatic carbocycles. The molecule has 1 aromatic heterocycles. The molecule has 0 unspecified atom stereocenters. The third-order valence-corrected chi connectivity index (χ3v) is 4.51. The van der Waals surface area contributed by atoms with Crippen LogP contribution < -0.4 is 0 Å². The Balaban J connectivity index is 1.54. The van der Waals surface area contributed by atoms with Gasteiger partial charge >= 0.3 is 0 Å². The van der Waals surface area contributed by atoms with Gasteiger partial charge in [0, 0.05) is 24.6 Å². The van der Waals surface area contributed by atoms with Gasteiger partial charge in [-0.1, -0.05) is 18.2 Å². The predicted molar refractivity (Wildman–Crippen MR) is 90.5 cm³/mol. The lowest BCUT2D eigenvalue weighted by molar-refractivity contribution is 0.0790. The van der Waals surface area contributed by atoms with Crippen molar-refractivity contribution in [3.63, 3.8) is 0 Å². The Morgan fingerprint density at radius 2 is 2.08 bits per heavy atom. The van der Waals surface area contributed by atoms with Crippen molar-refractivity contribution in [1.29, 1.82) is 5.26 Å². The number of aromatic amines is 1. The highest BCUT2D eigenvalue weighted by Crippen LogP contribution is 2.28. The Morgan fingerprint density at radius 3 is 2.88 bits per heavy atom. The zero-order valence-corrected chi connectivity index (χ0v) is 13.1. The molecule has 0 radical (unpaired) electrons. The summed E-state index contributed by atoms with van der Waals surface area (Å²) < 4.78 is 0. The number of imidazole rings is 1. The molecule has 1 atom stereocenters. The molecule has 5 heteroatoms. The highest BCUT2D eigenvalue weighted by molar-refractivity contribution is 5.94.